The molecule has 1 atom stereocenters. The molecule has 0 spiro atoms. The topological polar surface area (TPSA) is 111 Å². The number of amides is 1. The first-order chi connectivity index (χ1) is 12.8. The van der Waals surface area contributed by atoms with E-state index < -0.39 is 22.9 Å². The molecule has 0 unspecified atom stereocenters. The molecule has 0 radical (unpaired) electrons. The fourth-order valence-electron chi connectivity index (χ4n) is 2.02. The molecule has 0 aliphatic rings. The monoisotopic (exact) mass is 409 g/mol. The molecule has 0 saturated heterocycles. The molecule has 1 amide bonds. The number of rotatable bonds is 8. The molecule has 0 fully saturated rings. The Morgan fingerprint density at radius 1 is 1.44 bits per heavy atom. The number of aromatic nitrogens is 1. The fraction of sp³-hybridized carbons (Fsp3) is 0.353. The van der Waals surface area contributed by atoms with Crippen molar-refractivity contribution >= 4 is 40.7 Å². The highest BCUT2D eigenvalue weighted by atomic mass is 32.2. The Kier molecular flexibility index (Phi) is 7.31. The van der Waals surface area contributed by atoms with E-state index in [9.17, 15) is 19.7 Å². The van der Waals surface area contributed by atoms with Gasteiger partial charge in [-0.1, -0.05) is 18.7 Å². The summed E-state index contributed by atoms with van der Waals surface area (Å²) >= 11 is 2.55. The Balaban J connectivity index is 2.15. The van der Waals surface area contributed by atoms with E-state index in [0.717, 1.165) is 29.9 Å². The second-order valence-electron chi connectivity index (χ2n) is 5.64. The Morgan fingerprint density at radius 3 is 2.78 bits per heavy atom. The normalized spacial score (nSPS) is 11.7. The first-order valence-corrected chi connectivity index (χ1v) is 9.88. The van der Waals surface area contributed by atoms with Crippen molar-refractivity contribution < 1.29 is 19.2 Å². The number of aryl methyl sites for hydroxylation is 1. The minimum atomic E-state index is -0.990. The number of carbonyl (C=O) groups is 2. The summed E-state index contributed by atoms with van der Waals surface area (Å²) in [5.41, 5.74) is 0.627. The lowest BCUT2D eigenvalue weighted by Gasteiger charge is -2.13. The molecule has 10 heteroatoms. The highest BCUT2D eigenvalue weighted by molar-refractivity contribution is 8.01. The molecule has 0 aliphatic heterocycles. The minimum absolute atomic E-state index is 0.0107. The maximum absolute atomic E-state index is 12.2. The standard InChI is InChI=1S/C17H19N3O5S2/c1-4-7-18-15(21)11(3)25-16(22)12-5-6-14(13(8-12)20(23)24)27-17-19-10(2)9-26-17/h5-6,8-9,11H,4,7H2,1-3H3,(H,18,21)/t11-/m1/s1. The van der Waals surface area contributed by atoms with E-state index in [1.807, 2.05) is 19.2 Å². The van der Waals surface area contributed by atoms with Crippen molar-refractivity contribution in [2.75, 3.05) is 6.54 Å². The molecule has 0 aliphatic carbocycles. The van der Waals surface area contributed by atoms with Gasteiger partial charge in [-0.15, -0.1) is 11.3 Å². The summed E-state index contributed by atoms with van der Waals surface area (Å²) in [7, 11) is 0. The highest BCUT2D eigenvalue weighted by Crippen LogP contribution is 2.36. The number of ether oxygens (including phenoxy) is 1. The molecule has 1 aromatic carbocycles. The molecule has 27 heavy (non-hydrogen) atoms. The van der Waals surface area contributed by atoms with Crippen LogP contribution in [0.15, 0.2) is 32.8 Å². The van der Waals surface area contributed by atoms with Gasteiger partial charge in [0.1, 0.15) is 0 Å². The number of nitrogens with zero attached hydrogens (tertiary/aromatic N) is 2. The van der Waals surface area contributed by atoms with Crippen LogP contribution in [0.1, 0.15) is 36.3 Å². The molecule has 0 saturated carbocycles. The largest absolute Gasteiger partial charge is 0.449 e. The summed E-state index contributed by atoms with van der Waals surface area (Å²) in [6.07, 6.45) is -0.230. The number of hydrogen-bond donors (Lipinski definition) is 1. The number of hydrogen-bond acceptors (Lipinski definition) is 8. The summed E-state index contributed by atoms with van der Waals surface area (Å²) in [5, 5.41) is 15.9. The predicted octanol–water partition coefficient (Wildman–Crippen LogP) is 3.58. The quantitative estimate of drug-likeness (QED) is 0.403. The van der Waals surface area contributed by atoms with Gasteiger partial charge >= 0.3 is 5.97 Å². The zero-order valence-electron chi connectivity index (χ0n) is 15.1. The Labute approximate surface area is 164 Å². The minimum Gasteiger partial charge on any atom is -0.449 e. The van der Waals surface area contributed by atoms with Crippen LogP contribution in [0.2, 0.25) is 0 Å². The Morgan fingerprint density at radius 2 is 2.19 bits per heavy atom. The van der Waals surface area contributed by atoms with Crippen molar-refractivity contribution in [3.8, 4) is 0 Å². The van der Waals surface area contributed by atoms with Crippen molar-refractivity contribution in [2.24, 2.45) is 0 Å². The number of nitrogens with one attached hydrogen (secondary N) is 1. The van der Waals surface area contributed by atoms with Crippen molar-refractivity contribution in [3.63, 3.8) is 0 Å². The molecule has 1 aromatic heterocycles. The molecular weight excluding hydrogens is 390 g/mol. The van der Waals surface area contributed by atoms with Crippen LogP contribution in [0.5, 0.6) is 0 Å². The maximum atomic E-state index is 12.2. The van der Waals surface area contributed by atoms with Crippen LogP contribution < -0.4 is 5.32 Å². The third kappa shape index (κ3) is 5.76. The van der Waals surface area contributed by atoms with Crippen LogP contribution in [0.4, 0.5) is 5.69 Å². The van der Waals surface area contributed by atoms with E-state index in [2.05, 4.69) is 10.3 Å². The van der Waals surface area contributed by atoms with Crippen LogP contribution in [-0.4, -0.2) is 34.4 Å². The zero-order valence-corrected chi connectivity index (χ0v) is 16.7. The van der Waals surface area contributed by atoms with Crippen molar-refractivity contribution in [2.45, 2.75) is 42.5 Å². The van der Waals surface area contributed by atoms with E-state index in [0.29, 0.717) is 15.8 Å². The number of nitro groups is 1. The SMILES string of the molecule is CCCNC(=O)[C@@H](C)OC(=O)c1ccc(Sc2nc(C)cs2)c([N+](=O)[O-])c1. The summed E-state index contributed by atoms with van der Waals surface area (Å²) in [6.45, 7) is 5.68. The molecule has 144 valence electrons. The van der Waals surface area contributed by atoms with Crippen LogP contribution in [0.3, 0.4) is 0 Å². The predicted molar refractivity (Wildman–Crippen MR) is 102 cm³/mol. The van der Waals surface area contributed by atoms with E-state index in [-0.39, 0.29) is 11.3 Å². The number of thiazole rings is 1. The van der Waals surface area contributed by atoms with Gasteiger partial charge < -0.3 is 10.1 Å². The number of benzene rings is 1. The molecule has 8 nitrogen and oxygen atoms in total. The molecule has 1 heterocycles. The number of esters is 1. The van der Waals surface area contributed by atoms with Gasteiger partial charge in [0.05, 0.1) is 15.4 Å². The number of carbonyl (C=O) groups excluding carboxylic acids is 2. The van der Waals surface area contributed by atoms with Gasteiger partial charge in [-0.2, -0.15) is 0 Å². The van der Waals surface area contributed by atoms with E-state index in [4.69, 9.17) is 4.74 Å². The molecular formula is C17H19N3O5S2. The van der Waals surface area contributed by atoms with Gasteiger partial charge in [0.15, 0.2) is 10.4 Å². The molecule has 0 bridgehead atoms. The fourth-order valence-corrected chi connectivity index (χ4v) is 3.90. The lowest BCUT2D eigenvalue weighted by molar-refractivity contribution is -0.387. The second kappa shape index (κ2) is 9.47. The summed E-state index contributed by atoms with van der Waals surface area (Å²) in [6, 6.07) is 4.08. The van der Waals surface area contributed by atoms with Crippen LogP contribution in [-0.2, 0) is 9.53 Å². The van der Waals surface area contributed by atoms with Crippen LogP contribution >= 0.6 is 23.1 Å². The first-order valence-electron chi connectivity index (χ1n) is 8.19. The van der Waals surface area contributed by atoms with Crippen LogP contribution in [0.25, 0.3) is 0 Å². The lowest BCUT2D eigenvalue weighted by Crippen LogP contribution is -2.36. The van der Waals surface area contributed by atoms with Gasteiger partial charge in [-0.05, 0) is 32.4 Å². The average molecular weight is 409 g/mol. The maximum Gasteiger partial charge on any atom is 0.339 e. The van der Waals surface area contributed by atoms with E-state index >= 15 is 0 Å². The highest BCUT2D eigenvalue weighted by Gasteiger charge is 2.23. The third-order valence-corrected chi connectivity index (χ3v) is 5.51. The van der Waals surface area contributed by atoms with Gasteiger partial charge in [0.25, 0.3) is 11.6 Å². The Hall–Kier alpha value is -2.46. The van der Waals surface area contributed by atoms with Gasteiger partial charge in [-0.25, -0.2) is 9.78 Å². The third-order valence-electron chi connectivity index (χ3n) is 3.39. The average Bonchev–Trinajstić information content (AvgIpc) is 3.04. The lowest BCUT2D eigenvalue weighted by atomic mass is 10.2. The van der Waals surface area contributed by atoms with Crippen LogP contribution in [0, 0.1) is 17.0 Å². The summed E-state index contributed by atoms with van der Waals surface area (Å²) < 4.78 is 5.77. The van der Waals surface area contributed by atoms with Crippen molar-refractivity contribution in [1.29, 1.82) is 0 Å². The molecule has 2 aromatic rings. The molecule has 1 N–H and O–H groups in total. The van der Waals surface area contributed by atoms with Gasteiger partial charge in [0.2, 0.25) is 0 Å². The smallest absolute Gasteiger partial charge is 0.339 e. The molecule has 2 rings (SSSR count). The van der Waals surface area contributed by atoms with E-state index in [1.165, 1.54) is 30.4 Å². The second-order valence-corrected chi connectivity index (χ2v) is 7.78. The van der Waals surface area contributed by atoms with Crippen molar-refractivity contribution in [3.05, 3.63) is 45.0 Å². The Bertz CT molecular complexity index is 853. The summed E-state index contributed by atoms with van der Waals surface area (Å²) in [4.78, 5) is 39.5. The summed E-state index contributed by atoms with van der Waals surface area (Å²) in [5.74, 6) is -1.20. The van der Waals surface area contributed by atoms with Crippen molar-refractivity contribution in [1.82, 2.24) is 10.3 Å². The van der Waals surface area contributed by atoms with Gasteiger partial charge in [0, 0.05) is 23.7 Å². The number of nitro benzene ring substituents is 1. The first kappa shape index (κ1) is 20.8. The zero-order chi connectivity index (χ0) is 20.0. The van der Waals surface area contributed by atoms with E-state index in [1.54, 1.807) is 0 Å². The van der Waals surface area contributed by atoms with Gasteiger partial charge in [-0.3, -0.25) is 14.9 Å².